The third kappa shape index (κ3) is 2.58. The summed E-state index contributed by atoms with van der Waals surface area (Å²) in [6.45, 7) is 5.10. The van der Waals surface area contributed by atoms with Gasteiger partial charge in [-0.05, 0) is 25.5 Å². The number of nitrogens with zero attached hydrogens (tertiary/aromatic N) is 1. The molecule has 1 atom stereocenters. The molecule has 1 aliphatic rings. The maximum absolute atomic E-state index is 11.5. The fourth-order valence-corrected chi connectivity index (χ4v) is 2.27. The number of carbonyl (C=O) groups excluding carboxylic acids is 1. The number of aliphatic hydroxyl groups excluding tert-OH is 1. The smallest absolute Gasteiger partial charge is 0.239 e. The quantitative estimate of drug-likeness (QED) is 0.788. The molecule has 2 N–H and O–H groups in total. The fraction of sp³-hybridized carbons (Fsp3) is 0.462. The Morgan fingerprint density at radius 1 is 1.47 bits per heavy atom. The topological polar surface area (TPSA) is 52.6 Å². The van der Waals surface area contributed by atoms with Gasteiger partial charge in [-0.3, -0.25) is 4.79 Å². The molecular weight excluding hydrogens is 216 g/mol. The highest BCUT2D eigenvalue weighted by Gasteiger charge is 2.24. The number of rotatable bonds is 2. The third-order valence-electron chi connectivity index (χ3n) is 3.05. The van der Waals surface area contributed by atoms with Gasteiger partial charge in [-0.1, -0.05) is 17.7 Å². The lowest BCUT2D eigenvalue weighted by molar-refractivity contribution is -0.121. The first-order valence-corrected chi connectivity index (χ1v) is 5.82. The van der Waals surface area contributed by atoms with Crippen molar-refractivity contribution in [2.75, 3.05) is 24.6 Å². The average molecular weight is 234 g/mol. The molecule has 0 aromatic heterocycles. The van der Waals surface area contributed by atoms with E-state index >= 15 is 0 Å². The molecule has 0 aliphatic carbocycles. The van der Waals surface area contributed by atoms with Crippen molar-refractivity contribution in [2.24, 2.45) is 0 Å². The first-order chi connectivity index (χ1) is 8.10. The SMILES string of the molecule is Cc1ccc(N2CC(=O)NC(CO)C2)c(C)c1. The molecule has 1 amide bonds. The zero-order valence-electron chi connectivity index (χ0n) is 10.2. The zero-order chi connectivity index (χ0) is 12.4. The Labute approximate surface area is 101 Å². The highest BCUT2D eigenvalue weighted by atomic mass is 16.3. The summed E-state index contributed by atoms with van der Waals surface area (Å²) >= 11 is 0. The van der Waals surface area contributed by atoms with Gasteiger partial charge in [-0.2, -0.15) is 0 Å². The Balaban J connectivity index is 2.23. The Morgan fingerprint density at radius 2 is 2.24 bits per heavy atom. The molecule has 1 heterocycles. The standard InChI is InChI=1S/C13H18N2O2/c1-9-3-4-12(10(2)5-9)15-6-11(8-16)14-13(17)7-15/h3-5,11,16H,6-8H2,1-2H3,(H,14,17). The van der Waals surface area contributed by atoms with Crippen LogP contribution in [0.3, 0.4) is 0 Å². The van der Waals surface area contributed by atoms with Crippen LogP contribution in [0.2, 0.25) is 0 Å². The number of amides is 1. The van der Waals surface area contributed by atoms with Gasteiger partial charge in [0.1, 0.15) is 0 Å². The van der Waals surface area contributed by atoms with E-state index in [9.17, 15) is 4.79 Å². The molecule has 0 bridgehead atoms. The molecule has 1 aromatic rings. The van der Waals surface area contributed by atoms with E-state index in [0.29, 0.717) is 13.1 Å². The Hall–Kier alpha value is -1.55. The molecular formula is C13H18N2O2. The van der Waals surface area contributed by atoms with Crippen molar-refractivity contribution in [3.63, 3.8) is 0 Å². The summed E-state index contributed by atoms with van der Waals surface area (Å²) in [6.07, 6.45) is 0. The molecule has 0 spiro atoms. The maximum Gasteiger partial charge on any atom is 0.239 e. The van der Waals surface area contributed by atoms with Crippen LogP contribution in [0.1, 0.15) is 11.1 Å². The Kier molecular flexibility index (Phi) is 3.33. The fourth-order valence-electron chi connectivity index (χ4n) is 2.27. The van der Waals surface area contributed by atoms with Crippen LogP contribution in [-0.4, -0.2) is 36.8 Å². The van der Waals surface area contributed by atoms with Gasteiger partial charge in [0.2, 0.25) is 5.91 Å². The van der Waals surface area contributed by atoms with Gasteiger partial charge in [-0.25, -0.2) is 0 Å². The van der Waals surface area contributed by atoms with E-state index in [4.69, 9.17) is 5.11 Å². The highest BCUT2D eigenvalue weighted by Crippen LogP contribution is 2.22. The normalized spacial score (nSPS) is 20.3. The number of anilines is 1. The number of aliphatic hydroxyl groups is 1. The maximum atomic E-state index is 11.5. The molecule has 2 rings (SSSR count). The number of carbonyl (C=O) groups is 1. The predicted molar refractivity (Wildman–Crippen MR) is 67.1 cm³/mol. The second-order valence-electron chi connectivity index (χ2n) is 4.62. The first-order valence-electron chi connectivity index (χ1n) is 5.82. The number of aryl methyl sites for hydroxylation is 2. The van der Waals surface area contributed by atoms with E-state index < -0.39 is 0 Å². The molecule has 1 aromatic carbocycles. The van der Waals surface area contributed by atoms with Crippen LogP contribution < -0.4 is 10.2 Å². The number of piperazine rings is 1. The van der Waals surface area contributed by atoms with Gasteiger partial charge in [0, 0.05) is 12.2 Å². The summed E-state index contributed by atoms with van der Waals surface area (Å²) in [4.78, 5) is 13.6. The Bertz CT molecular complexity index is 431. The summed E-state index contributed by atoms with van der Waals surface area (Å²) in [5.41, 5.74) is 3.45. The molecule has 1 fully saturated rings. The monoisotopic (exact) mass is 234 g/mol. The molecule has 4 nitrogen and oxygen atoms in total. The number of hydrogen-bond donors (Lipinski definition) is 2. The molecule has 17 heavy (non-hydrogen) atoms. The molecule has 1 saturated heterocycles. The number of nitrogens with one attached hydrogen (secondary N) is 1. The molecule has 4 heteroatoms. The van der Waals surface area contributed by atoms with Crippen molar-refractivity contribution >= 4 is 11.6 Å². The zero-order valence-corrected chi connectivity index (χ0v) is 10.2. The minimum absolute atomic E-state index is 0.0207. The lowest BCUT2D eigenvalue weighted by Crippen LogP contribution is -2.55. The van der Waals surface area contributed by atoms with E-state index in [2.05, 4.69) is 18.3 Å². The van der Waals surface area contributed by atoms with E-state index in [1.54, 1.807) is 0 Å². The summed E-state index contributed by atoms with van der Waals surface area (Å²) in [7, 11) is 0. The predicted octanol–water partition coefficient (Wildman–Crippen LogP) is 0.601. The van der Waals surface area contributed by atoms with Crippen LogP contribution in [0.5, 0.6) is 0 Å². The van der Waals surface area contributed by atoms with Crippen LogP contribution >= 0.6 is 0 Å². The van der Waals surface area contributed by atoms with Crippen LogP contribution in [0, 0.1) is 13.8 Å². The van der Waals surface area contributed by atoms with Crippen molar-refractivity contribution < 1.29 is 9.90 Å². The summed E-state index contributed by atoms with van der Waals surface area (Å²) in [6, 6.07) is 6.02. The van der Waals surface area contributed by atoms with Crippen molar-refractivity contribution in [2.45, 2.75) is 19.9 Å². The number of benzene rings is 1. The van der Waals surface area contributed by atoms with Crippen molar-refractivity contribution in [1.82, 2.24) is 5.32 Å². The molecule has 1 unspecified atom stereocenters. The molecule has 1 aliphatic heterocycles. The van der Waals surface area contributed by atoms with Gasteiger partial charge in [0.25, 0.3) is 0 Å². The third-order valence-corrected chi connectivity index (χ3v) is 3.05. The minimum Gasteiger partial charge on any atom is -0.394 e. The van der Waals surface area contributed by atoms with Crippen LogP contribution in [0.25, 0.3) is 0 Å². The van der Waals surface area contributed by atoms with Gasteiger partial charge in [0.05, 0.1) is 19.2 Å². The van der Waals surface area contributed by atoms with Crippen LogP contribution in [0.15, 0.2) is 18.2 Å². The van der Waals surface area contributed by atoms with Crippen molar-refractivity contribution in [1.29, 1.82) is 0 Å². The summed E-state index contributed by atoms with van der Waals surface area (Å²) < 4.78 is 0. The van der Waals surface area contributed by atoms with Gasteiger partial charge < -0.3 is 15.3 Å². The molecule has 92 valence electrons. The van der Waals surface area contributed by atoms with E-state index in [1.807, 2.05) is 24.0 Å². The largest absolute Gasteiger partial charge is 0.394 e. The van der Waals surface area contributed by atoms with E-state index in [-0.39, 0.29) is 18.6 Å². The van der Waals surface area contributed by atoms with E-state index in [1.165, 1.54) is 5.56 Å². The average Bonchev–Trinajstić information content (AvgIpc) is 2.28. The second kappa shape index (κ2) is 4.75. The first kappa shape index (κ1) is 11.9. The van der Waals surface area contributed by atoms with Crippen LogP contribution in [-0.2, 0) is 4.79 Å². The minimum atomic E-state index is -0.169. The van der Waals surface area contributed by atoms with Crippen molar-refractivity contribution in [3.05, 3.63) is 29.3 Å². The van der Waals surface area contributed by atoms with Gasteiger partial charge in [0.15, 0.2) is 0 Å². The van der Waals surface area contributed by atoms with E-state index in [0.717, 1.165) is 11.3 Å². The lowest BCUT2D eigenvalue weighted by Gasteiger charge is -2.34. The summed E-state index contributed by atoms with van der Waals surface area (Å²) in [5.74, 6) is -0.0322. The van der Waals surface area contributed by atoms with Gasteiger partial charge >= 0.3 is 0 Å². The Morgan fingerprint density at radius 3 is 2.88 bits per heavy atom. The lowest BCUT2D eigenvalue weighted by atomic mass is 10.1. The summed E-state index contributed by atoms with van der Waals surface area (Å²) in [5, 5.41) is 11.9. The molecule has 0 saturated carbocycles. The second-order valence-corrected chi connectivity index (χ2v) is 4.62. The van der Waals surface area contributed by atoms with Crippen LogP contribution in [0.4, 0.5) is 5.69 Å². The highest BCUT2D eigenvalue weighted by molar-refractivity contribution is 5.83. The molecule has 0 radical (unpaired) electrons. The number of hydrogen-bond acceptors (Lipinski definition) is 3. The van der Waals surface area contributed by atoms with Gasteiger partial charge in [-0.15, -0.1) is 0 Å². The van der Waals surface area contributed by atoms with Crippen molar-refractivity contribution in [3.8, 4) is 0 Å².